The summed E-state index contributed by atoms with van der Waals surface area (Å²) in [5.41, 5.74) is 0. The van der Waals surface area contributed by atoms with Crippen molar-refractivity contribution >= 4 is 24.9 Å². The fourth-order valence-corrected chi connectivity index (χ4v) is 5.80. The Morgan fingerprint density at radius 1 is 0.833 bits per heavy atom. The topological polar surface area (TPSA) is 97.3 Å². The highest BCUT2D eigenvalue weighted by atomic mass is 32.4. The highest BCUT2D eigenvalue weighted by Crippen LogP contribution is 2.26. The molecular formula is C27H56NO6PS. The van der Waals surface area contributed by atoms with Crippen LogP contribution in [0.5, 0.6) is 0 Å². The SMILES string of the molecule is CCCCCCCCCCCCCCCCC(O[PH](=S)NCCO)[C@H](CO)OCCCCC(=O)OC. The maximum absolute atomic E-state index is 11.2. The maximum Gasteiger partial charge on any atom is 0.305 e. The number of aliphatic hydroxyl groups is 2. The summed E-state index contributed by atoms with van der Waals surface area (Å²) in [4.78, 5) is 11.2. The summed E-state index contributed by atoms with van der Waals surface area (Å²) in [6, 6.07) is 0. The first-order chi connectivity index (χ1) is 17.6. The summed E-state index contributed by atoms with van der Waals surface area (Å²) in [7, 11) is -0.314. The van der Waals surface area contributed by atoms with E-state index in [1.54, 1.807) is 0 Å². The van der Waals surface area contributed by atoms with Gasteiger partial charge in [0.15, 0.2) is 0 Å². The van der Waals surface area contributed by atoms with Crippen molar-refractivity contribution in [2.24, 2.45) is 0 Å². The summed E-state index contributed by atoms with van der Waals surface area (Å²) in [6.07, 6.45) is 20.2. The molecule has 0 aromatic rings. The molecule has 9 heteroatoms. The van der Waals surface area contributed by atoms with Crippen LogP contribution in [-0.4, -0.2) is 61.9 Å². The molecule has 2 unspecified atom stereocenters. The van der Waals surface area contributed by atoms with Gasteiger partial charge in [0.05, 0.1) is 26.4 Å². The van der Waals surface area contributed by atoms with Crippen LogP contribution in [-0.2, 0) is 30.6 Å². The lowest BCUT2D eigenvalue weighted by molar-refractivity contribution is -0.140. The van der Waals surface area contributed by atoms with E-state index in [-0.39, 0.29) is 25.3 Å². The number of aliphatic hydroxyl groups excluding tert-OH is 2. The smallest absolute Gasteiger partial charge is 0.305 e. The van der Waals surface area contributed by atoms with Crippen LogP contribution in [0.15, 0.2) is 0 Å². The Labute approximate surface area is 227 Å². The number of ether oxygens (including phenoxy) is 2. The Hall–Kier alpha value is -0.0800. The summed E-state index contributed by atoms with van der Waals surface area (Å²) >= 11 is 5.42. The monoisotopic (exact) mass is 553 g/mol. The highest BCUT2D eigenvalue weighted by molar-refractivity contribution is 8.02. The quantitative estimate of drug-likeness (QED) is 0.0612. The Morgan fingerprint density at radius 2 is 1.39 bits per heavy atom. The third kappa shape index (κ3) is 23.1. The maximum atomic E-state index is 11.2. The molecule has 3 atom stereocenters. The van der Waals surface area contributed by atoms with Gasteiger partial charge in [-0.15, -0.1) is 0 Å². The lowest BCUT2D eigenvalue weighted by atomic mass is 10.0. The zero-order valence-electron chi connectivity index (χ0n) is 23.1. The van der Waals surface area contributed by atoms with E-state index >= 15 is 0 Å². The first kappa shape index (κ1) is 35.9. The number of carbonyl (C=O) groups is 1. The van der Waals surface area contributed by atoms with Crippen LogP contribution in [0.3, 0.4) is 0 Å². The van der Waals surface area contributed by atoms with Crippen molar-refractivity contribution in [1.82, 2.24) is 5.09 Å². The molecule has 0 rings (SSSR count). The van der Waals surface area contributed by atoms with Gasteiger partial charge in [-0.25, -0.2) is 0 Å². The number of esters is 1. The van der Waals surface area contributed by atoms with Gasteiger partial charge in [0.25, 0.3) is 0 Å². The summed E-state index contributed by atoms with van der Waals surface area (Å²) in [5, 5.41) is 22.0. The Balaban J connectivity index is 4.13. The van der Waals surface area contributed by atoms with E-state index in [1.165, 1.54) is 84.2 Å². The number of nitrogens with one attached hydrogen (secondary N) is 1. The lowest BCUT2D eigenvalue weighted by Crippen LogP contribution is -2.34. The van der Waals surface area contributed by atoms with Gasteiger partial charge in [-0.05, 0) is 19.3 Å². The van der Waals surface area contributed by atoms with Gasteiger partial charge >= 0.3 is 5.97 Å². The van der Waals surface area contributed by atoms with E-state index in [2.05, 4.69) is 16.7 Å². The van der Waals surface area contributed by atoms with Crippen molar-refractivity contribution in [1.29, 1.82) is 0 Å². The second-order valence-corrected chi connectivity index (χ2v) is 11.9. The molecule has 0 aromatic heterocycles. The van der Waals surface area contributed by atoms with E-state index in [0.717, 1.165) is 19.3 Å². The average Bonchev–Trinajstić information content (AvgIpc) is 2.88. The molecule has 7 nitrogen and oxygen atoms in total. The van der Waals surface area contributed by atoms with E-state index in [9.17, 15) is 9.90 Å². The van der Waals surface area contributed by atoms with E-state index < -0.39 is 13.2 Å². The number of unbranched alkanes of at least 4 members (excludes halogenated alkanes) is 14. The number of hydrogen-bond donors (Lipinski definition) is 3. The first-order valence-electron chi connectivity index (χ1n) is 14.4. The Kier molecular flexibility index (Phi) is 27.9. The summed E-state index contributed by atoms with van der Waals surface area (Å²) < 4.78 is 16.6. The third-order valence-electron chi connectivity index (χ3n) is 6.41. The van der Waals surface area contributed by atoms with Crippen molar-refractivity contribution < 1.29 is 29.0 Å². The van der Waals surface area contributed by atoms with Gasteiger partial charge in [-0.2, -0.15) is 0 Å². The third-order valence-corrected chi connectivity index (χ3v) is 8.19. The van der Waals surface area contributed by atoms with E-state index in [4.69, 9.17) is 26.2 Å². The van der Waals surface area contributed by atoms with Crippen molar-refractivity contribution in [2.75, 3.05) is 33.5 Å². The van der Waals surface area contributed by atoms with E-state index in [0.29, 0.717) is 32.4 Å². The molecule has 0 saturated heterocycles. The zero-order chi connectivity index (χ0) is 26.7. The van der Waals surface area contributed by atoms with Crippen LogP contribution in [0.4, 0.5) is 0 Å². The molecule has 0 aliphatic rings. The molecule has 0 amide bonds. The molecule has 0 aliphatic heterocycles. The van der Waals surface area contributed by atoms with Crippen LogP contribution in [0, 0.1) is 0 Å². The predicted octanol–water partition coefficient (Wildman–Crippen LogP) is 6.05. The molecule has 0 saturated carbocycles. The van der Waals surface area contributed by atoms with Gasteiger partial charge in [0.1, 0.15) is 13.2 Å². The molecule has 0 aromatic carbocycles. The van der Waals surface area contributed by atoms with Gasteiger partial charge < -0.3 is 24.2 Å². The van der Waals surface area contributed by atoms with Gasteiger partial charge in [0, 0.05) is 19.6 Å². The molecule has 0 heterocycles. The van der Waals surface area contributed by atoms with Crippen LogP contribution < -0.4 is 5.09 Å². The molecule has 0 fully saturated rings. The fraction of sp³-hybridized carbons (Fsp3) is 0.963. The standard InChI is InChI=1S/C27H56NO6PS/c1-3-4-5-6-7-8-9-10-11-12-13-14-15-16-19-25(34-35(36)28-21-22-29)26(24-30)33-23-18-17-20-27(31)32-2/h25-26,29-30,35H,3-24H2,1-2H3,(H,28,36)/t25?,26-/m0/s1. The van der Waals surface area contributed by atoms with Crippen LogP contribution >= 0.6 is 7.07 Å². The normalized spacial score (nSPS) is 14.0. The lowest BCUT2D eigenvalue weighted by Gasteiger charge is -2.27. The Morgan fingerprint density at radius 3 is 1.89 bits per heavy atom. The molecule has 36 heavy (non-hydrogen) atoms. The minimum atomic E-state index is -1.70. The predicted molar refractivity (Wildman–Crippen MR) is 153 cm³/mol. The van der Waals surface area contributed by atoms with Gasteiger partial charge in [0.2, 0.25) is 0 Å². The first-order valence-corrected chi connectivity index (χ1v) is 17.0. The van der Waals surface area contributed by atoms with Crippen LogP contribution in [0.25, 0.3) is 0 Å². The molecule has 216 valence electrons. The number of hydrogen-bond acceptors (Lipinski definition) is 7. The zero-order valence-corrected chi connectivity index (χ0v) is 25.0. The highest BCUT2D eigenvalue weighted by Gasteiger charge is 2.23. The largest absolute Gasteiger partial charge is 0.469 e. The summed E-state index contributed by atoms with van der Waals surface area (Å²) in [6.45, 7) is 3.00. The van der Waals surface area contributed by atoms with Gasteiger partial charge in [-0.1, -0.05) is 109 Å². The van der Waals surface area contributed by atoms with Gasteiger partial charge in [-0.3, -0.25) is 9.88 Å². The molecular weight excluding hydrogens is 497 g/mol. The van der Waals surface area contributed by atoms with Crippen LogP contribution in [0.2, 0.25) is 0 Å². The fourth-order valence-electron chi connectivity index (χ4n) is 4.18. The van der Waals surface area contributed by atoms with Crippen molar-refractivity contribution in [3.05, 3.63) is 0 Å². The van der Waals surface area contributed by atoms with Crippen molar-refractivity contribution in [2.45, 2.75) is 135 Å². The van der Waals surface area contributed by atoms with Crippen LogP contribution in [0.1, 0.15) is 122 Å². The molecule has 3 N–H and O–H groups in total. The second kappa shape index (κ2) is 27.9. The average molecular weight is 554 g/mol. The molecule has 0 spiro atoms. The minimum absolute atomic E-state index is 0.0118. The minimum Gasteiger partial charge on any atom is -0.469 e. The van der Waals surface area contributed by atoms with Crippen molar-refractivity contribution in [3.63, 3.8) is 0 Å². The number of carbonyl (C=O) groups excluding carboxylic acids is 1. The van der Waals surface area contributed by atoms with Crippen molar-refractivity contribution in [3.8, 4) is 0 Å². The second-order valence-electron chi connectivity index (χ2n) is 9.60. The Bertz CT molecular complexity index is 515. The molecule has 0 radical (unpaired) electrons. The number of methoxy groups -OCH3 is 1. The van der Waals surface area contributed by atoms with E-state index in [1.807, 2.05) is 0 Å². The summed E-state index contributed by atoms with van der Waals surface area (Å²) in [5.74, 6) is -0.221. The molecule has 0 bridgehead atoms. The molecule has 0 aliphatic carbocycles. The number of rotatable bonds is 28.